The van der Waals surface area contributed by atoms with E-state index in [2.05, 4.69) is 11.8 Å². The Balaban J connectivity index is 3.90. The summed E-state index contributed by atoms with van der Waals surface area (Å²) in [5.41, 5.74) is 5.61. The highest BCUT2D eigenvalue weighted by atomic mass is 16.2. The molecule has 0 spiro atoms. The number of rotatable bonds is 10. The molecule has 0 fully saturated rings. The molecule has 0 aromatic rings. The highest BCUT2D eigenvalue weighted by Crippen LogP contribution is 2.17. The van der Waals surface area contributed by atoms with Gasteiger partial charge >= 0.3 is 0 Å². The van der Waals surface area contributed by atoms with Crippen molar-refractivity contribution in [2.45, 2.75) is 39.0 Å². The fourth-order valence-electron chi connectivity index (χ4n) is 2.07. The minimum Gasteiger partial charge on any atom is -0.344 e. The number of nitrogens with zero attached hydrogens (tertiary/aromatic N) is 2. The molecule has 0 radical (unpaired) electrons. The van der Waals surface area contributed by atoms with Crippen molar-refractivity contribution in [1.29, 1.82) is 0 Å². The van der Waals surface area contributed by atoms with Gasteiger partial charge in [0.1, 0.15) is 0 Å². The van der Waals surface area contributed by atoms with E-state index in [-0.39, 0.29) is 5.91 Å². The van der Waals surface area contributed by atoms with Gasteiger partial charge in [-0.25, -0.2) is 0 Å². The summed E-state index contributed by atoms with van der Waals surface area (Å²) in [5.74, 6) is 0.876. The molecule has 0 aromatic carbocycles. The predicted octanol–water partition coefficient (Wildman–Crippen LogP) is 1.55. The standard InChI is InChI=1S/C14H31N3O/c1-5-6-13(9-10-15)7-8-14(18)17(4)12-11-16(2)3/h13H,5-12,15H2,1-4H3. The Hall–Kier alpha value is -0.610. The highest BCUT2D eigenvalue weighted by molar-refractivity contribution is 5.75. The van der Waals surface area contributed by atoms with Crippen LogP contribution in [0.5, 0.6) is 0 Å². The van der Waals surface area contributed by atoms with Crippen LogP contribution in [0.4, 0.5) is 0 Å². The summed E-state index contributed by atoms with van der Waals surface area (Å²) in [5, 5.41) is 0. The molecule has 0 aliphatic rings. The van der Waals surface area contributed by atoms with Crippen LogP contribution in [0, 0.1) is 5.92 Å². The lowest BCUT2D eigenvalue weighted by Gasteiger charge is -2.21. The van der Waals surface area contributed by atoms with Crippen molar-refractivity contribution in [2.24, 2.45) is 11.7 Å². The van der Waals surface area contributed by atoms with E-state index in [0.717, 1.165) is 32.5 Å². The number of hydrogen-bond donors (Lipinski definition) is 1. The molecule has 0 aliphatic carbocycles. The topological polar surface area (TPSA) is 49.6 Å². The number of likely N-dealkylation sites (N-methyl/N-ethyl adjacent to an activating group) is 2. The van der Waals surface area contributed by atoms with E-state index < -0.39 is 0 Å². The van der Waals surface area contributed by atoms with Gasteiger partial charge in [0.05, 0.1) is 0 Å². The molecule has 1 amide bonds. The normalized spacial score (nSPS) is 12.8. The first-order valence-corrected chi connectivity index (χ1v) is 7.10. The highest BCUT2D eigenvalue weighted by Gasteiger charge is 2.13. The monoisotopic (exact) mass is 257 g/mol. The molecule has 0 bridgehead atoms. The van der Waals surface area contributed by atoms with E-state index >= 15 is 0 Å². The van der Waals surface area contributed by atoms with Crippen molar-refractivity contribution in [3.8, 4) is 0 Å². The molecule has 0 saturated carbocycles. The second-order valence-corrected chi connectivity index (χ2v) is 5.39. The minimum atomic E-state index is 0.259. The van der Waals surface area contributed by atoms with Crippen LogP contribution < -0.4 is 5.73 Å². The third kappa shape index (κ3) is 8.48. The summed E-state index contributed by atoms with van der Waals surface area (Å²) in [6.07, 6.45) is 5.05. The largest absolute Gasteiger partial charge is 0.344 e. The zero-order chi connectivity index (χ0) is 14.0. The average Bonchev–Trinajstić information content (AvgIpc) is 2.33. The van der Waals surface area contributed by atoms with Crippen LogP contribution in [0.15, 0.2) is 0 Å². The SMILES string of the molecule is CCCC(CCN)CCC(=O)N(C)CCN(C)C. The Labute approximate surface area is 113 Å². The molecule has 0 aromatic heterocycles. The van der Waals surface area contributed by atoms with Crippen LogP contribution in [-0.4, -0.2) is 56.5 Å². The van der Waals surface area contributed by atoms with Crippen molar-refractivity contribution in [1.82, 2.24) is 9.80 Å². The van der Waals surface area contributed by atoms with Crippen molar-refractivity contribution in [3.05, 3.63) is 0 Å². The molecule has 4 nitrogen and oxygen atoms in total. The third-order valence-corrected chi connectivity index (χ3v) is 3.35. The van der Waals surface area contributed by atoms with Gasteiger partial charge in [-0.1, -0.05) is 19.8 Å². The molecular formula is C14H31N3O. The third-order valence-electron chi connectivity index (χ3n) is 3.35. The Kier molecular flexibility index (Phi) is 9.98. The van der Waals surface area contributed by atoms with Crippen LogP contribution in [-0.2, 0) is 4.79 Å². The van der Waals surface area contributed by atoms with Crippen molar-refractivity contribution in [3.63, 3.8) is 0 Å². The van der Waals surface area contributed by atoms with Gasteiger partial charge < -0.3 is 15.5 Å². The first-order valence-electron chi connectivity index (χ1n) is 7.10. The fraction of sp³-hybridized carbons (Fsp3) is 0.929. The molecule has 1 unspecified atom stereocenters. The van der Waals surface area contributed by atoms with Crippen molar-refractivity contribution >= 4 is 5.91 Å². The smallest absolute Gasteiger partial charge is 0.222 e. The molecule has 0 aliphatic heterocycles. The second kappa shape index (κ2) is 10.3. The lowest BCUT2D eigenvalue weighted by molar-refractivity contribution is -0.130. The summed E-state index contributed by atoms with van der Waals surface area (Å²) in [6, 6.07) is 0. The molecule has 2 N–H and O–H groups in total. The van der Waals surface area contributed by atoms with Gasteiger partial charge in [-0.3, -0.25) is 4.79 Å². The van der Waals surface area contributed by atoms with Crippen LogP contribution in [0.1, 0.15) is 39.0 Å². The zero-order valence-electron chi connectivity index (χ0n) is 12.6. The number of amides is 1. The van der Waals surface area contributed by atoms with E-state index in [0.29, 0.717) is 12.3 Å². The molecular weight excluding hydrogens is 226 g/mol. The predicted molar refractivity (Wildman–Crippen MR) is 77.5 cm³/mol. The summed E-state index contributed by atoms with van der Waals surface area (Å²) in [7, 11) is 5.94. The van der Waals surface area contributed by atoms with Gasteiger partial charge in [-0.2, -0.15) is 0 Å². The summed E-state index contributed by atoms with van der Waals surface area (Å²) in [6.45, 7) is 4.65. The van der Waals surface area contributed by atoms with Crippen molar-refractivity contribution in [2.75, 3.05) is 40.8 Å². The second-order valence-electron chi connectivity index (χ2n) is 5.39. The number of carbonyl (C=O) groups excluding carboxylic acids is 1. The fourth-order valence-corrected chi connectivity index (χ4v) is 2.07. The van der Waals surface area contributed by atoms with Gasteiger partial charge in [0.25, 0.3) is 0 Å². The molecule has 108 valence electrons. The van der Waals surface area contributed by atoms with Crippen LogP contribution in [0.25, 0.3) is 0 Å². The zero-order valence-corrected chi connectivity index (χ0v) is 12.6. The van der Waals surface area contributed by atoms with Gasteiger partial charge in [0.2, 0.25) is 5.91 Å². The first-order chi connectivity index (χ1) is 8.51. The lowest BCUT2D eigenvalue weighted by atomic mass is 9.94. The quantitative estimate of drug-likeness (QED) is 0.646. The molecule has 0 heterocycles. The van der Waals surface area contributed by atoms with Crippen LogP contribution in [0.2, 0.25) is 0 Å². The van der Waals surface area contributed by atoms with Gasteiger partial charge in [-0.15, -0.1) is 0 Å². The van der Waals surface area contributed by atoms with Crippen LogP contribution >= 0.6 is 0 Å². The molecule has 18 heavy (non-hydrogen) atoms. The summed E-state index contributed by atoms with van der Waals surface area (Å²) < 4.78 is 0. The van der Waals surface area contributed by atoms with Crippen molar-refractivity contribution < 1.29 is 4.79 Å². The molecule has 4 heteroatoms. The Morgan fingerprint density at radius 2 is 1.78 bits per heavy atom. The van der Waals surface area contributed by atoms with Gasteiger partial charge in [-0.05, 0) is 39.4 Å². The Morgan fingerprint density at radius 1 is 1.11 bits per heavy atom. The number of hydrogen-bond acceptors (Lipinski definition) is 3. The van der Waals surface area contributed by atoms with E-state index in [1.54, 1.807) is 0 Å². The van der Waals surface area contributed by atoms with E-state index in [1.807, 2.05) is 26.0 Å². The van der Waals surface area contributed by atoms with E-state index in [4.69, 9.17) is 5.73 Å². The maximum Gasteiger partial charge on any atom is 0.222 e. The average molecular weight is 257 g/mol. The lowest BCUT2D eigenvalue weighted by Crippen LogP contribution is -2.33. The molecule has 0 rings (SSSR count). The summed E-state index contributed by atoms with van der Waals surface area (Å²) in [4.78, 5) is 15.9. The van der Waals surface area contributed by atoms with Gasteiger partial charge in [0.15, 0.2) is 0 Å². The van der Waals surface area contributed by atoms with E-state index in [9.17, 15) is 4.79 Å². The number of nitrogens with two attached hydrogens (primary N) is 1. The Morgan fingerprint density at radius 3 is 2.28 bits per heavy atom. The van der Waals surface area contributed by atoms with E-state index in [1.165, 1.54) is 12.8 Å². The molecule has 1 atom stereocenters. The number of carbonyl (C=O) groups is 1. The maximum absolute atomic E-state index is 11.9. The van der Waals surface area contributed by atoms with Crippen LogP contribution in [0.3, 0.4) is 0 Å². The maximum atomic E-state index is 11.9. The summed E-state index contributed by atoms with van der Waals surface area (Å²) >= 11 is 0. The Bertz CT molecular complexity index is 213. The first kappa shape index (κ1) is 17.4. The molecule has 0 saturated heterocycles. The minimum absolute atomic E-state index is 0.259. The van der Waals surface area contributed by atoms with Gasteiger partial charge in [0, 0.05) is 26.6 Å².